The smallest absolute Gasteiger partial charge is 0.260 e. The molecule has 134 valence electrons. The minimum atomic E-state index is -0.204. The maximum atomic E-state index is 13.5. The highest BCUT2D eigenvalue weighted by Gasteiger charge is 2.29. The van der Waals surface area contributed by atoms with Crippen LogP contribution in [0.15, 0.2) is 66.7 Å². The molecule has 4 rings (SSSR count). The number of amides is 2. The third kappa shape index (κ3) is 3.10. The molecule has 1 aliphatic heterocycles. The first-order valence-corrected chi connectivity index (χ1v) is 8.92. The molecule has 0 atom stereocenters. The average molecular weight is 356 g/mol. The lowest BCUT2D eigenvalue weighted by Gasteiger charge is -2.29. The summed E-state index contributed by atoms with van der Waals surface area (Å²) in [5, 5.41) is 2.94. The third-order valence-corrected chi connectivity index (χ3v) is 4.82. The van der Waals surface area contributed by atoms with E-state index in [1.807, 2.05) is 74.5 Å². The average Bonchev–Trinajstić information content (AvgIpc) is 2.67. The number of anilines is 2. The van der Waals surface area contributed by atoms with Crippen molar-refractivity contribution in [2.45, 2.75) is 20.4 Å². The molecule has 3 aromatic rings. The molecular weight excluding hydrogens is 336 g/mol. The van der Waals surface area contributed by atoms with Crippen LogP contribution in [-0.4, -0.2) is 11.8 Å². The molecule has 4 nitrogen and oxygen atoms in total. The first-order valence-electron chi connectivity index (χ1n) is 8.92. The van der Waals surface area contributed by atoms with Crippen molar-refractivity contribution in [1.82, 2.24) is 0 Å². The van der Waals surface area contributed by atoms with Gasteiger partial charge in [-0.2, -0.15) is 0 Å². The van der Waals surface area contributed by atoms with E-state index in [-0.39, 0.29) is 11.8 Å². The van der Waals surface area contributed by atoms with E-state index in [4.69, 9.17) is 0 Å². The highest BCUT2D eigenvalue weighted by molar-refractivity contribution is 6.19. The van der Waals surface area contributed by atoms with Crippen LogP contribution in [0, 0.1) is 13.8 Å². The van der Waals surface area contributed by atoms with E-state index in [1.54, 1.807) is 11.0 Å². The molecule has 3 aromatic carbocycles. The van der Waals surface area contributed by atoms with Gasteiger partial charge < -0.3 is 10.2 Å². The standard InChI is InChI=1S/C23H20N2O2/c1-15-12-16(2)21-19(13-15)23(27)25(14-17-8-4-3-5-9-17)20-11-7-6-10-18(20)22(26)24-21/h3-13H,14H2,1-2H3,(H,24,26). The first kappa shape index (κ1) is 17.0. The predicted molar refractivity (Wildman–Crippen MR) is 107 cm³/mol. The summed E-state index contributed by atoms with van der Waals surface area (Å²) >= 11 is 0. The second-order valence-electron chi connectivity index (χ2n) is 6.85. The van der Waals surface area contributed by atoms with Crippen LogP contribution in [0.1, 0.15) is 37.4 Å². The summed E-state index contributed by atoms with van der Waals surface area (Å²) in [5.74, 6) is -0.322. The van der Waals surface area contributed by atoms with Crippen molar-refractivity contribution < 1.29 is 9.59 Å². The van der Waals surface area contributed by atoms with Crippen LogP contribution < -0.4 is 10.2 Å². The zero-order valence-corrected chi connectivity index (χ0v) is 15.3. The van der Waals surface area contributed by atoms with Crippen LogP contribution in [-0.2, 0) is 6.54 Å². The highest BCUT2D eigenvalue weighted by Crippen LogP contribution is 2.32. The fourth-order valence-electron chi connectivity index (χ4n) is 3.56. The molecule has 1 N–H and O–H groups in total. The quantitative estimate of drug-likeness (QED) is 0.722. The van der Waals surface area contributed by atoms with Gasteiger partial charge in [0.05, 0.1) is 29.0 Å². The van der Waals surface area contributed by atoms with E-state index in [2.05, 4.69) is 5.32 Å². The Labute approximate surface area is 158 Å². The van der Waals surface area contributed by atoms with E-state index in [0.717, 1.165) is 16.7 Å². The SMILES string of the molecule is Cc1cc(C)c2c(c1)C(=O)N(Cc1ccccc1)c1ccccc1C(=O)N2. The summed E-state index contributed by atoms with van der Waals surface area (Å²) in [7, 11) is 0. The van der Waals surface area contributed by atoms with Gasteiger partial charge in [0.15, 0.2) is 0 Å². The van der Waals surface area contributed by atoms with E-state index < -0.39 is 0 Å². The Morgan fingerprint density at radius 2 is 1.56 bits per heavy atom. The molecule has 0 aromatic heterocycles. The summed E-state index contributed by atoms with van der Waals surface area (Å²) in [6.07, 6.45) is 0. The van der Waals surface area contributed by atoms with Gasteiger partial charge in [0, 0.05) is 0 Å². The summed E-state index contributed by atoms with van der Waals surface area (Å²) in [6.45, 7) is 4.27. The van der Waals surface area contributed by atoms with Gasteiger partial charge >= 0.3 is 0 Å². The number of para-hydroxylation sites is 1. The van der Waals surface area contributed by atoms with Crippen LogP contribution in [0.3, 0.4) is 0 Å². The van der Waals surface area contributed by atoms with Gasteiger partial charge in [0.25, 0.3) is 11.8 Å². The van der Waals surface area contributed by atoms with Gasteiger partial charge in [0.2, 0.25) is 0 Å². The number of fused-ring (bicyclic) bond motifs is 2. The summed E-state index contributed by atoms with van der Waals surface area (Å²) in [5.41, 5.74) is 5.09. The zero-order valence-electron chi connectivity index (χ0n) is 15.3. The number of hydrogen-bond donors (Lipinski definition) is 1. The number of nitrogens with zero attached hydrogens (tertiary/aromatic N) is 1. The third-order valence-electron chi connectivity index (χ3n) is 4.82. The van der Waals surface area contributed by atoms with Gasteiger partial charge in [-0.05, 0) is 48.7 Å². The van der Waals surface area contributed by atoms with Crippen LogP contribution in [0.25, 0.3) is 0 Å². The Morgan fingerprint density at radius 1 is 0.852 bits per heavy atom. The lowest BCUT2D eigenvalue weighted by Crippen LogP contribution is -2.35. The monoisotopic (exact) mass is 356 g/mol. The van der Waals surface area contributed by atoms with Crippen molar-refractivity contribution in [1.29, 1.82) is 0 Å². The largest absolute Gasteiger partial charge is 0.321 e. The number of hydrogen-bond acceptors (Lipinski definition) is 2. The molecule has 27 heavy (non-hydrogen) atoms. The van der Waals surface area contributed by atoms with Gasteiger partial charge in [-0.3, -0.25) is 9.59 Å². The molecule has 0 aliphatic carbocycles. The molecule has 1 aliphatic rings. The van der Waals surface area contributed by atoms with E-state index >= 15 is 0 Å². The van der Waals surface area contributed by atoms with Crippen molar-refractivity contribution in [2.75, 3.05) is 10.2 Å². The molecule has 0 saturated carbocycles. The number of carbonyl (C=O) groups is 2. The van der Waals surface area contributed by atoms with Gasteiger partial charge in [-0.15, -0.1) is 0 Å². The Morgan fingerprint density at radius 3 is 2.33 bits per heavy atom. The fourth-order valence-corrected chi connectivity index (χ4v) is 3.56. The van der Waals surface area contributed by atoms with E-state index in [0.29, 0.717) is 29.0 Å². The van der Waals surface area contributed by atoms with Gasteiger partial charge in [0.1, 0.15) is 0 Å². The van der Waals surface area contributed by atoms with Crippen LogP contribution in [0.2, 0.25) is 0 Å². The highest BCUT2D eigenvalue weighted by atomic mass is 16.2. The zero-order chi connectivity index (χ0) is 19.0. The summed E-state index contributed by atoms with van der Waals surface area (Å²) in [4.78, 5) is 28.2. The topological polar surface area (TPSA) is 49.4 Å². The predicted octanol–water partition coefficient (Wildman–Crippen LogP) is 4.72. The van der Waals surface area contributed by atoms with Crippen LogP contribution >= 0.6 is 0 Å². The minimum Gasteiger partial charge on any atom is -0.321 e. The van der Waals surface area contributed by atoms with E-state index in [1.165, 1.54) is 0 Å². The van der Waals surface area contributed by atoms with Crippen molar-refractivity contribution in [2.24, 2.45) is 0 Å². The first-order chi connectivity index (χ1) is 13.0. The van der Waals surface area contributed by atoms with Crippen LogP contribution in [0.4, 0.5) is 11.4 Å². The Hall–Kier alpha value is -3.40. The summed E-state index contributed by atoms with van der Waals surface area (Å²) < 4.78 is 0. The van der Waals surface area contributed by atoms with Crippen molar-refractivity contribution >= 4 is 23.2 Å². The summed E-state index contributed by atoms with van der Waals surface area (Å²) in [6, 6.07) is 20.9. The minimum absolute atomic E-state index is 0.117. The maximum Gasteiger partial charge on any atom is 0.260 e. The second kappa shape index (κ2) is 6.72. The second-order valence-corrected chi connectivity index (χ2v) is 6.85. The molecule has 1 heterocycles. The van der Waals surface area contributed by atoms with Crippen LogP contribution in [0.5, 0.6) is 0 Å². The molecule has 4 heteroatoms. The molecule has 0 bridgehead atoms. The Balaban J connectivity index is 1.91. The number of carbonyl (C=O) groups excluding carboxylic acids is 2. The number of rotatable bonds is 2. The molecule has 2 amide bonds. The Bertz CT molecular complexity index is 1040. The molecule has 0 radical (unpaired) electrons. The Kier molecular flexibility index (Phi) is 4.24. The molecular formula is C23H20N2O2. The lowest BCUT2D eigenvalue weighted by atomic mass is 9.99. The number of aryl methyl sites for hydroxylation is 2. The fraction of sp³-hybridized carbons (Fsp3) is 0.130. The van der Waals surface area contributed by atoms with Gasteiger partial charge in [-0.25, -0.2) is 0 Å². The van der Waals surface area contributed by atoms with Crippen molar-refractivity contribution in [3.8, 4) is 0 Å². The normalized spacial score (nSPS) is 13.3. The van der Waals surface area contributed by atoms with Crippen molar-refractivity contribution in [3.05, 3.63) is 94.5 Å². The molecule has 0 unspecified atom stereocenters. The maximum absolute atomic E-state index is 13.5. The van der Waals surface area contributed by atoms with Crippen molar-refractivity contribution in [3.63, 3.8) is 0 Å². The number of benzene rings is 3. The molecule has 0 fully saturated rings. The van der Waals surface area contributed by atoms with E-state index in [9.17, 15) is 9.59 Å². The number of nitrogens with one attached hydrogen (secondary N) is 1. The lowest BCUT2D eigenvalue weighted by molar-refractivity contribution is 0.0983. The molecule has 0 saturated heterocycles. The van der Waals surface area contributed by atoms with Gasteiger partial charge in [-0.1, -0.05) is 48.5 Å². The molecule has 0 spiro atoms.